The van der Waals surface area contributed by atoms with Crippen molar-refractivity contribution in [3.8, 4) is 0 Å². The van der Waals surface area contributed by atoms with Gasteiger partial charge in [0.1, 0.15) is 23.3 Å². The monoisotopic (exact) mass is 1050 g/mol. The maximum atomic E-state index is 13.8. The zero-order valence-electron chi connectivity index (χ0n) is 39.0. The summed E-state index contributed by atoms with van der Waals surface area (Å²) in [6.45, 7) is 0.589. The molecule has 4 amide bonds. The maximum Gasteiger partial charge on any atom is 0.225 e. The molecule has 2 aliphatic carbocycles. The Kier molecular flexibility index (Phi) is 18.0. The highest BCUT2D eigenvalue weighted by atomic mass is 35.5. The van der Waals surface area contributed by atoms with E-state index in [1.165, 1.54) is 72.8 Å². The van der Waals surface area contributed by atoms with Crippen molar-refractivity contribution in [2.75, 3.05) is 46.1 Å². The van der Waals surface area contributed by atoms with Crippen LogP contribution in [0.3, 0.4) is 0 Å². The Balaban J connectivity index is 0.000000244. The first-order valence-electron chi connectivity index (χ1n) is 22.9. The van der Waals surface area contributed by atoms with Gasteiger partial charge in [-0.25, -0.2) is 17.6 Å². The van der Waals surface area contributed by atoms with E-state index in [-0.39, 0.29) is 148 Å². The molecule has 380 valence electrons. The zero-order chi connectivity index (χ0) is 53.1. The second-order valence-electron chi connectivity index (χ2n) is 16.7. The topological polar surface area (TPSA) is 209 Å². The van der Waals surface area contributed by atoms with Crippen LogP contribution in [0.25, 0.3) is 0 Å². The molecule has 6 N–H and O–H groups in total. The van der Waals surface area contributed by atoms with E-state index in [0.717, 1.165) is 12.1 Å². The van der Waals surface area contributed by atoms with Crippen molar-refractivity contribution >= 4 is 92.7 Å². The van der Waals surface area contributed by atoms with E-state index in [2.05, 4.69) is 31.9 Å². The predicted molar refractivity (Wildman–Crippen MR) is 270 cm³/mol. The smallest absolute Gasteiger partial charge is 0.225 e. The van der Waals surface area contributed by atoms with Gasteiger partial charge in [-0.3, -0.25) is 38.4 Å². The number of alkyl halides is 2. The van der Waals surface area contributed by atoms with Crippen LogP contribution >= 0.6 is 23.2 Å². The molecule has 74 heavy (non-hydrogen) atoms. The van der Waals surface area contributed by atoms with E-state index in [1.54, 1.807) is 24.3 Å². The van der Waals surface area contributed by atoms with Crippen molar-refractivity contribution in [2.45, 2.75) is 38.8 Å². The third-order valence-corrected chi connectivity index (χ3v) is 11.8. The highest BCUT2D eigenvalue weighted by molar-refractivity contribution is 6.34. The van der Waals surface area contributed by atoms with Crippen LogP contribution in [0.15, 0.2) is 109 Å². The molecule has 0 spiro atoms. The third-order valence-electron chi connectivity index (χ3n) is 11.4. The number of amides is 4. The lowest BCUT2D eigenvalue weighted by Crippen LogP contribution is -2.27. The Hall–Kier alpha value is -7.90. The van der Waals surface area contributed by atoms with E-state index < -0.39 is 52.4 Å². The van der Waals surface area contributed by atoms with Crippen LogP contribution in [0.2, 0.25) is 0 Å². The zero-order valence-corrected chi connectivity index (χ0v) is 40.5. The third kappa shape index (κ3) is 13.0. The summed E-state index contributed by atoms with van der Waals surface area (Å²) < 4.78 is 53.6. The second-order valence-corrected chi connectivity index (χ2v) is 17.5. The van der Waals surface area contributed by atoms with Crippen molar-refractivity contribution in [1.82, 2.24) is 10.6 Å². The summed E-state index contributed by atoms with van der Waals surface area (Å²) in [5.41, 5.74) is 2.23. The molecule has 20 heteroatoms. The van der Waals surface area contributed by atoms with E-state index in [0.29, 0.717) is 11.1 Å². The van der Waals surface area contributed by atoms with Gasteiger partial charge in [-0.1, -0.05) is 48.5 Å². The van der Waals surface area contributed by atoms with Gasteiger partial charge in [0.25, 0.3) is 0 Å². The average molecular weight is 1050 g/mol. The van der Waals surface area contributed by atoms with E-state index in [4.69, 9.17) is 23.2 Å². The van der Waals surface area contributed by atoms with Gasteiger partial charge < -0.3 is 31.9 Å². The highest BCUT2D eigenvalue weighted by Gasteiger charge is 2.36. The number of hydrogen-bond acceptors (Lipinski definition) is 10. The van der Waals surface area contributed by atoms with Crippen molar-refractivity contribution < 1.29 is 55.9 Å². The van der Waals surface area contributed by atoms with Gasteiger partial charge in [0.2, 0.25) is 23.6 Å². The molecule has 0 saturated heterocycles. The quantitative estimate of drug-likeness (QED) is 0.0273. The van der Waals surface area contributed by atoms with E-state index >= 15 is 0 Å². The fraction of sp³-hybridized carbons (Fsp3) is 0.185. The molecule has 2 aliphatic rings. The first-order valence-corrected chi connectivity index (χ1v) is 24.0. The molecule has 0 atom stereocenters. The Morgan fingerprint density at radius 2 is 0.649 bits per heavy atom. The van der Waals surface area contributed by atoms with Crippen LogP contribution in [0.5, 0.6) is 0 Å². The number of carbonyl (C=O) groups is 8. The number of rotatable bonds is 18. The van der Waals surface area contributed by atoms with Gasteiger partial charge in [-0.15, -0.1) is 23.2 Å². The molecule has 6 aromatic carbocycles. The average Bonchev–Trinajstić information content (AvgIpc) is 3.35. The Morgan fingerprint density at radius 1 is 0.378 bits per heavy atom. The van der Waals surface area contributed by atoms with Crippen molar-refractivity contribution in [2.24, 2.45) is 0 Å². The second kappa shape index (κ2) is 24.7. The lowest BCUT2D eigenvalue weighted by molar-refractivity contribution is -0.116. The molecule has 0 fully saturated rings. The first-order chi connectivity index (χ1) is 35.6. The van der Waals surface area contributed by atoms with Crippen LogP contribution in [0, 0.1) is 23.3 Å². The minimum atomic E-state index is -0.708. The van der Waals surface area contributed by atoms with Crippen LogP contribution in [-0.4, -0.2) is 71.6 Å². The molecule has 8 rings (SSSR count). The summed E-state index contributed by atoms with van der Waals surface area (Å²) in [6.07, 6.45) is 0.0702. The molecule has 0 saturated carbocycles. The minimum Gasteiger partial charge on any atom is -0.325 e. The van der Waals surface area contributed by atoms with Crippen LogP contribution in [0.1, 0.15) is 100 Å². The lowest BCUT2D eigenvalue weighted by Gasteiger charge is -2.22. The van der Waals surface area contributed by atoms with Gasteiger partial charge in [0.15, 0.2) is 23.1 Å². The standard InChI is InChI=1S/C34H28F4N4O4.C20H16Cl2N2O4/c35-21-11-19(12-22(36)15-21)17-39-9-7-29(43)41-27-5-1-3-25-31(27)34(46)32-26(33(25)45)4-2-6-28(32)42-30(44)8-10-40-18-20-13-23(37)16-24(38)14-20;21-9-7-15(25)23-13-5-1-3-11-17(13)20(28)18-12(19(11)27)4-2-6-14(18)24-16(26)8-10-22/h1-6,11-16,39-40H,7-10,17-18H2,(H,41,43)(H,42,44);1-6H,7-10H2,(H,23,25)(H,24,26). The van der Waals surface area contributed by atoms with Gasteiger partial charge >= 0.3 is 0 Å². The molecule has 0 heterocycles. The Morgan fingerprint density at radius 3 is 0.919 bits per heavy atom. The molecule has 0 aromatic heterocycles. The number of hydrogen-bond donors (Lipinski definition) is 6. The molecule has 0 aliphatic heterocycles. The number of fused-ring (bicyclic) bond motifs is 4. The van der Waals surface area contributed by atoms with Crippen molar-refractivity contribution in [3.63, 3.8) is 0 Å². The number of anilines is 4. The van der Waals surface area contributed by atoms with Gasteiger partial charge in [0.05, 0.1) is 45.0 Å². The highest BCUT2D eigenvalue weighted by Crippen LogP contribution is 2.37. The van der Waals surface area contributed by atoms with E-state index in [1.807, 2.05) is 0 Å². The SMILES string of the molecule is O=C(CCCl)Nc1cccc2c1C(=O)c1c(NC(=O)CCCl)cccc1C2=O.O=C(CCNCc1cc(F)cc(F)c1)Nc1cccc2c1C(=O)c1c(NC(=O)CCNCc3cc(F)cc(F)c3)cccc1C2=O. The largest absolute Gasteiger partial charge is 0.325 e. The van der Waals surface area contributed by atoms with Crippen molar-refractivity contribution in [1.29, 1.82) is 0 Å². The Bertz CT molecular complexity index is 3000. The summed E-state index contributed by atoms with van der Waals surface area (Å²) in [6, 6.07) is 24.6. The summed E-state index contributed by atoms with van der Waals surface area (Å²) >= 11 is 11.2. The van der Waals surface area contributed by atoms with Gasteiger partial charge in [-0.2, -0.15) is 0 Å². The van der Waals surface area contributed by atoms with Crippen molar-refractivity contribution in [3.05, 3.63) is 188 Å². The van der Waals surface area contributed by atoms with Gasteiger partial charge in [0, 0.05) is 98.0 Å². The normalized spacial score (nSPS) is 12.1. The summed E-state index contributed by atoms with van der Waals surface area (Å²) in [5.74, 6) is -6.04. The fourth-order valence-corrected chi connectivity index (χ4v) is 8.56. The summed E-state index contributed by atoms with van der Waals surface area (Å²) in [7, 11) is 0. The minimum absolute atomic E-state index is 0.0118. The molecule has 14 nitrogen and oxygen atoms in total. The molecule has 0 radical (unpaired) electrons. The fourth-order valence-electron chi connectivity index (χ4n) is 8.22. The molecule has 0 unspecified atom stereocenters. The predicted octanol–water partition coefficient (Wildman–Crippen LogP) is 8.85. The summed E-state index contributed by atoms with van der Waals surface area (Å²) in [5, 5.41) is 16.5. The Labute approximate surface area is 430 Å². The molecular weight excluding hydrogens is 1010 g/mol. The molecule has 0 bridgehead atoms. The number of carbonyl (C=O) groups excluding carboxylic acids is 8. The number of halogens is 6. The number of nitrogens with one attached hydrogen (secondary N) is 6. The van der Waals surface area contributed by atoms with Crippen LogP contribution in [0.4, 0.5) is 40.3 Å². The maximum absolute atomic E-state index is 13.8. The van der Waals surface area contributed by atoms with Gasteiger partial charge in [-0.05, 0) is 59.7 Å². The lowest BCUT2D eigenvalue weighted by atomic mass is 9.82. The van der Waals surface area contributed by atoms with Crippen LogP contribution in [-0.2, 0) is 32.3 Å². The number of ketones is 4. The van der Waals surface area contributed by atoms with Crippen LogP contribution < -0.4 is 31.9 Å². The first kappa shape index (κ1) is 53.9. The summed E-state index contributed by atoms with van der Waals surface area (Å²) in [4.78, 5) is 103. The number of benzene rings is 6. The molecular formula is C54H44Cl2F4N6O8. The van der Waals surface area contributed by atoms with E-state index in [9.17, 15) is 55.9 Å². The molecule has 6 aromatic rings.